The van der Waals surface area contributed by atoms with Crippen LogP contribution in [0.5, 0.6) is 0 Å². The Balaban J connectivity index is 1.57. The van der Waals surface area contributed by atoms with E-state index in [0.717, 1.165) is 18.4 Å². The topological polar surface area (TPSA) is 77.3 Å². The number of hydrogen-bond acceptors (Lipinski definition) is 6. The summed E-state index contributed by atoms with van der Waals surface area (Å²) in [4.78, 5) is 36.3. The van der Waals surface area contributed by atoms with E-state index in [0.29, 0.717) is 27.7 Å². The first kappa shape index (κ1) is 18.9. The van der Waals surface area contributed by atoms with Gasteiger partial charge in [-0.05, 0) is 18.4 Å². The number of thiazole rings is 1. The lowest BCUT2D eigenvalue weighted by Gasteiger charge is -2.22. The number of rotatable bonds is 4. The van der Waals surface area contributed by atoms with Crippen molar-refractivity contribution in [3.05, 3.63) is 57.1 Å². The van der Waals surface area contributed by atoms with Gasteiger partial charge in [0.15, 0.2) is 10.3 Å². The highest BCUT2D eigenvalue weighted by Gasteiger charge is 2.34. The van der Waals surface area contributed by atoms with Gasteiger partial charge in [0.25, 0.3) is 5.56 Å². The van der Waals surface area contributed by atoms with Crippen molar-refractivity contribution in [1.82, 2.24) is 19.4 Å². The Kier molecular flexibility index (Phi) is 5.32. The zero-order chi connectivity index (χ0) is 19.7. The van der Waals surface area contributed by atoms with Crippen molar-refractivity contribution in [1.29, 1.82) is 0 Å². The second-order valence-electron chi connectivity index (χ2n) is 6.62. The van der Waals surface area contributed by atoms with E-state index in [1.807, 2.05) is 30.3 Å². The molecule has 0 saturated carbocycles. The molecule has 3 heterocycles. The van der Waals surface area contributed by atoms with Gasteiger partial charge in [0.2, 0.25) is 0 Å². The van der Waals surface area contributed by atoms with Gasteiger partial charge in [-0.1, -0.05) is 41.7 Å². The quantitative estimate of drug-likeness (QED) is 0.605. The predicted octanol–water partition coefficient (Wildman–Crippen LogP) is 3.60. The molecule has 3 aromatic rings. The smallest absolute Gasteiger partial charge is 0.410 e. The van der Waals surface area contributed by atoms with Gasteiger partial charge in [-0.15, -0.1) is 11.6 Å². The second kappa shape index (κ2) is 7.89. The molecule has 1 saturated heterocycles. The van der Waals surface area contributed by atoms with Crippen LogP contribution < -0.4 is 5.56 Å². The first-order chi connectivity index (χ1) is 13.6. The van der Waals surface area contributed by atoms with Gasteiger partial charge in [-0.3, -0.25) is 14.3 Å². The summed E-state index contributed by atoms with van der Waals surface area (Å²) in [6.45, 7) is 0.830. The summed E-state index contributed by atoms with van der Waals surface area (Å²) in [7, 11) is 1.63. The van der Waals surface area contributed by atoms with Crippen LogP contribution in [0.3, 0.4) is 0 Å². The largest absolute Gasteiger partial charge is 0.445 e. The fourth-order valence-corrected chi connectivity index (χ4v) is 4.65. The molecule has 1 aliphatic rings. The van der Waals surface area contributed by atoms with Gasteiger partial charge >= 0.3 is 6.09 Å². The van der Waals surface area contributed by atoms with Crippen molar-refractivity contribution in [3.8, 4) is 0 Å². The van der Waals surface area contributed by atoms with Crippen LogP contribution in [0.25, 0.3) is 10.3 Å². The maximum absolute atomic E-state index is 12.6. The highest BCUT2D eigenvalue weighted by molar-refractivity contribution is 7.18. The molecule has 146 valence electrons. The Hall–Kier alpha value is -2.45. The summed E-state index contributed by atoms with van der Waals surface area (Å²) in [6.07, 6.45) is 1.27. The number of likely N-dealkylation sites (tertiary alicyclic amines) is 1. The van der Waals surface area contributed by atoms with Gasteiger partial charge in [-0.25, -0.2) is 14.8 Å². The molecule has 1 atom stereocenters. The number of aromatic nitrogens is 3. The lowest BCUT2D eigenvalue weighted by Crippen LogP contribution is -2.31. The number of nitrogens with zero attached hydrogens (tertiary/aromatic N) is 4. The minimum Gasteiger partial charge on any atom is -0.445 e. The molecule has 7 nitrogen and oxygen atoms in total. The summed E-state index contributed by atoms with van der Waals surface area (Å²) in [5, 5.41) is 0.709. The third kappa shape index (κ3) is 3.49. The Morgan fingerprint density at radius 3 is 2.86 bits per heavy atom. The summed E-state index contributed by atoms with van der Waals surface area (Å²) in [5.74, 6) is 0.649. The number of benzene rings is 1. The highest BCUT2D eigenvalue weighted by Crippen LogP contribution is 2.36. The second-order valence-corrected chi connectivity index (χ2v) is 7.90. The summed E-state index contributed by atoms with van der Waals surface area (Å²) >= 11 is 7.22. The van der Waals surface area contributed by atoms with Crippen molar-refractivity contribution in [2.75, 3.05) is 6.54 Å². The zero-order valence-electron chi connectivity index (χ0n) is 15.3. The fraction of sp³-hybridized carbons (Fsp3) is 0.368. The van der Waals surface area contributed by atoms with E-state index in [1.165, 1.54) is 15.9 Å². The number of alkyl halides is 1. The molecule has 1 aliphatic heterocycles. The number of ether oxygens (including phenoxy) is 1. The Morgan fingerprint density at radius 2 is 2.11 bits per heavy atom. The Bertz CT molecular complexity index is 1070. The lowest BCUT2D eigenvalue weighted by molar-refractivity contribution is 0.0920. The third-order valence-electron chi connectivity index (χ3n) is 4.85. The van der Waals surface area contributed by atoms with E-state index in [-0.39, 0.29) is 30.2 Å². The van der Waals surface area contributed by atoms with Crippen LogP contribution in [-0.2, 0) is 24.3 Å². The molecular formula is C19H19ClN4O3S. The Labute approximate surface area is 170 Å². The summed E-state index contributed by atoms with van der Waals surface area (Å²) in [5.41, 5.74) is 1.04. The molecular weight excluding hydrogens is 400 g/mol. The first-order valence-electron chi connectivity index (χ1n) is 8.98. The van der Waals surface area contributed by atoms with Crippen LogP contribution in [0, 0.1) is 0 Å². The third-order valence-corrected chi connectivity index (χ3v) is 6.14. The molecule has 4 rings (SSSR count). The molecule has 9 heteroatoms. The number of hydrogen-bond donors (Lipinski definition) is 0. The van der Waals surface area contributed by atoms with E-state index >= 15 is 0 Å². The van der Waals surface area contributed by atoms with Crippen LogP contribution in [0.15, 0.2) is 35.1 Å². The number of fused-ring (bicyclic) bond motifs is 1. The molecule has 1 aromatic carbocycles. The average Bonchev–Trinajstić information content (AvgIpc) is 3.36. The zero-order valence-corrected chi connectivity index (χ0v) is 16.9. The normalized spacial score (nSPS) is 16.6. The maximum Gasteiger partial charge on any atom is 0.410 e. The minimum absolute atomic E-state index is 0.149. The molecule has 2 aromatic heterocycles. The van der Waals surface area contributed by atoms with Crippen molar-refractivity contribution in [2.45, 2.75) is 31.4 Å². The molecule has 1 unspecified atom stereocenters. The van der Waals surface area contributed by atoms with E-state index in [9.17, 15) is 9.59 Å². The molecule has 0 spiro atoms. The number of amides is 1. The summed E-state index contributed by atoms with van der Waals surface area (Å²) in [6, 6.07) is 9.36. The molecule has 1 fully saturated rings. The number of carbonyl (C=O) groups is 1. The Morgan fingerprint density at radius 1 is 1.32 bits per heavy atom. The maximum atomic E-state index is 12.6. The van der Waals surface area contributed by atoms with Crippen molar-refractivity contribution >= 4 is 39.4 Å². The van der Waals surface area contributed by atoms with E-state index < -0.39 is 0 Å². The standard InChI is InChI=1S/C19H19ClN4O3S/c1-23-14(10-20)21-17-15(18(23)25)22-16(28-17)13-8-5-9-24(13)19(26)27-11-12-6-3-2-4-7-12/h2-4,6-7,13H,5,8-11H2,1H3. The van der Waals surface area contributed by atoms with Gasteiger partial charge in [0, 0.05) is 13.6 Å². The summed E-state index contributed by atoms with van der Waals surface area (Å²) < 4.78 is 6.90. The first-order valence-corrected chi connectivity index (χ1v) is 10.3. The van der Waals surface area contributed by atoms with Gasteiger partial charge in [0.1, 0.15) is 17.4 Å². The van der Waals surface area contributed by atoms with Crippen molar-refractivity contribution < 1.29 is 9.53 Å². The molecule has 1 amide bonds. The fourth-order valence-electron chi connectivity index (χ4n) is 3.32. The molecule has 0 bridgehead atoms. The van der Waals surface area contributed by atoms with E-state index in [2.05, 4.69) is 9.97 Å². The monoisotopic (exact) mass is 418 g/mol. The van der Waals surface area contributed by atoms with Crippen LogP contribution in [0.2, 0.25) is 0 Å². The van der Waals surface area contributed by atoms with E-state index in [1.54, 1.807) is 11.9 Å². The molecule has 0 radical (unpaired) electrons. The highest BCUT2D eigenvalue weighted by atomic mass is 35.5. The molecule has 0 aliphatic carbocycles. The van der Waals surface area contributed by atoms with Gasteiger partial charge in [-0.2, -0.15) is 0 Å². The number of carbonyl (C=O) groups excluding carboxylic acids is 1. The minimum atomic E-state index is -0.368. The molecule has 0 N–H and O–H groups in total. The van der Waals surface area contributed by atoms with Gasteiger partial charge in [0.05, 0.1) is 11.9 Å². The molecule has 28 heavy (non-hydrogen) atoms. The average molecular weight is 419 g/mol. The van der Waals surface area contributed by atoms with E-state index in [4.69, 9.17) is 16.3 Å². The van der Waals surface area contributed by atoms with Crippen molar-refractivity contribution in [3.63, 3.8) is 0 Å². The number of halogens is 1. The van der Waals surface area contributed by atoms with Crippen molar-refractivity contribution in [2.24, 2.45) is 7.05 Å². The van der Waals surface area contributed by atoms with Crippen LogP contribution in [0.1, 0.15) is 35.3 Å². The SMILES string of the molecule is Cn1c(CCl)nc2sc(C3CCCN3C(=O)OCc3ccccc3)nc2c1=O. The van der Waals surface area contributed by atoms with Gasteiger partial charge < -0.3 is 4.74 Å². The van der Waals surface area contributed by atoms with Crippen LogP contribution in [-0.4, -0.2) is 32.1 Å². The van der Waals surface area contributed by atoms with Crippen LogP contribution in [0.4, 0.5) is 4.79 Å². The lowest BCUT2D eigenvalue weighted by atomic mass is 10.2. The predicted molar refractivity (Wildman–Crippen MR) is 108 cm³/mol. The van der Waals surface area contributed by atoms with Crippen LogP contribution >= 0.6 is 22.9 Å².